The summed E-state index contributed by atoms with van der Waals surface area (Å²) in [7, 11) is 0. The van der Waals surface area contributed by atoms with Gasteiger partial charge in [-0.3, -0.25) is 4.79 Å². The number of hydrogen-bond donors (Lipinski definition) is 2. The number of rotatable bonds is 7. The highest BCUT2D eigenvalue weighted by atomic mass is 19.4. The maximum absolute atomic E-state index is 13.5. The quantitative estimate of drug-likeness (QED) is 0.539. The van der Waals surface area contributed by atoms with Crippen LogP contribution in [0.25, 0.3) is 0 Å². The molecule has 2 aromatic heterocycles. The van der Waals surface area contributed by atoms with Crippen molar-refractivity contribution in [3.8, 4) is 6.07 Å². The lowest BCUT2D eigenvalue weighted by Crippen LogP contribution is -2.52. The zero-order valence-corrected chi connectivity index (χ0v) is 20.1. The van der Waals surface area contributed by atoms with Crippen molar-refractivity contribution in [1.82, 2.24) is 20.2 Å². The summed E-state index contributed by atoms with van der Waals surface area (Å²) in [6, 6.07) is 6.31. The number of nitriles is 1. The van der Waals surface area contributed by atoms with Crippen molar-refractivity contribution in [2.24, 2.45) is 0 Å². The van der Waals surface area contributed by atoms with Crippen LogP contribution in [0.1, 0.15) is 24.0 Å². The van der Waals surface area contributed by atoms with Gasteiger partial charge in [0.2, 0.25) is 0 Å². The number of piperazine rings is 1. The van der Waals surface area contributed by atoms with E-state index in [0.29, 0.717) is 51.1 Å². The van der Waals surface area contributed by atoms with Gasteiger partial charge < -0.3 is 29.7 Å². The third-order valence-electron chi connectivity index (χ3n) is 6.51. The number of carbonyl (C=O) groups is 1. The monoisotopic (exact) mass is 519 g/mol. The minimum atomic E-state index is -4.76. The first-order valence-corrected chi connectivity index (χ1v) is 12.0. The number of aromatic amines is 1. The Morgan fingerprint density at radius 3 is 2.68 bits per heavy atom. The van der Waals surface area contributed by atoms with Gasteiger partial charge in [0.25, 0.3) is 5.56 Å². The van der Waals surface area contributed by atoms with Crippen molar-refractivity contribution in [3.05, 3.63) is 52.1 Å². The number of pyridine rings is 2. The molecule has 4 heterocycles. The predicted molar refractivity (Wildman–Crippen MR) is 129 cm³/mol. The Morgan fingerprint density at radius 1 is 1.22 bits per heavy atom. The number of amides is 2. The molecule has 0 aromatic carbocycles. The van der Waals surface area contributed by atoms with Crippen LogP contribution in [0.3, 0.4) is 0 Å². The Hall–Kier alpha value is -3.79. The molecule has 0 spiro atoms. The zero-order valence-electron chi connectivity index (χ0n) is 20.1. The van der Waals surface area contributed by atoms with Crippen molar-refractivity contribution in [2.75, 3.05) is 62.3 Å². The summed E-state index contributed by atoms with van der Waals surface area (Å²) in [5.74, 6) is 0.760. The van der Waals surface area contributed by atoms with Crippen LogP contribution in [-0.4, -0.2) is 79.4 Å². The van der Waals surface area contributed by atoms with E-state index in [2.05, 4.69) is 15.3 Å². The topological polar surface area (TPSA) is 118 Å². The van der Waals surface area contributed by atoms with Crippen LogP contribution >= 0.6 is 0 Å². The highest BCUT2D eigenvalue weighted by Crippen LogP contribution is 2.36. The Kier molecular flexibility index (Phi) is 8.17. The van der Waals surface area contributed by atoms with E-state index in [0.717, 1.165) is 5.82 Å². The molecule has 1 atom stereocenters. The summed E-state index contributed by atoms with van der Waals surface area (Å²) in [6.45, 7) is 3.34. The van der Waals surface area contributed by atoms with E-state index < -0.39 is 17.3 Å². The number of H-pyrrole nitrogens is 1. The van der Waals surface area contributed by atoms with Gasteiger partial charge in [0.1, 0.15) is 17.5 Å². The van der Waals surface area contributed by atoms with E-state index in [1.54, 1.807) is 21.9 Å². The fourth-order valence-electron chi connectivity index (χ4n) is 4.65. The Morgan fingerprint density at radius 2 is 2.00 bits per heavy atom. The molecule has 37 heavy (non-hydrogen) atoms. The number of ether oxygens (including phenoxy) is 1. The molecule has 2 amide bonds. The van der Waals surface area contributed by atoms with E-state index in [4.69, 9.17) is 10.00 Å². The van der Waals surface area contributed by atoms with Crippen molar-refractivity contribution >= 4 is 17.5 Å². The highest BCUT2D eigenvalue weighted by Gasteiger charge is 2.40. The lowest BCUT2D eigenvalue weighted by atomic mass is 10.1. The number of anilines is 2. The van der Waals surface area contributed by atoms with Gasteiger partial charge in [-0.05, 0) is 31.0 Å². The van der Waals surface area contributed by atoms with Gasteiger partial charge in [0.15, 0.2) is 0 Å². The van der Waals surface area contributed by atoms with E-state index in [1.165, 1.54) is 18.5 Å². The van der Waals surface area contributed by atoms with Gasteiger partial charge in [-0.15, -0.1) is 0 Å². The normalized spacial score (nSPS) is 18.1. The lowest BCUT2D eigenvalue weighted by Gasteiger charge is -2.35. The number of nitrogens with zero attached hydrogens (tertiary/aromatic N) is 5. The summed E-state index contributed by atoms with van der Waals surface area (Å²) < 4.78 is 46.1. The fourth-order valence-corrected chi connectivity index (χ4v) is 4.65. The van der Waals surface area contributed by atoms with Gasteiger partial charge in [-0.1, -0.05) is 0 Å². The average molecular weight is 520 g/mol. The van der Waals surface area contributed by atoms with Gasteiger partial charge in [-0.25, -0.2) is 9.78 Å². The second-order valence-corrected chi connectivity index (χ2v) is 8.85. The molecule has 2 N–H and O–H groups in total. The molecule has 4 rings (SSSR count). The molecular weight excluding hydrogens is 491 g/mol. The second-order valence-electron chi connectivity index (χ2n) is 8.85. The van der Waals surface area contributed by atoms with E-state index in [-0.39, 0.29) is 37.5 Å². The van der Waals surface area contributed by atoms with Gasteiger partial charge in [0.05, 0.1) is 30.5 Å². The van der Waals surface area contributed by atoms with Crippen LogP contribution in [0.15, 0.2) is 35.4 Å². The SMILES string of the molecule is N#Cc1ccc(N2CCN(C(=O)NCCOC[C@@H]3CCCN3c3cc[nH]c(=O)c3C(F)(F)F)CC2)nc1. The third-order valence-corrected chi connectivity index (χ3v) is 6.51. The van der Waals surface area contributed by atoms with Crippen molar-refractivity contribution in [1.29, 1.82) is 5.26 Å². The van der Waals surface area contributed by atoms with Crippen LogP contribution in [0, 0.1) is 11.3 Å². The molecule has 13 heteroatoms. The van der Waals surface area contributed by atoms with E-state index in [9.17, 15) is 22.8 Å². The third kappa shape index (κ3) is 6.32. The standard InChI is InChI=1S/C24H28F3N7O3/c25-24(26,27)21-19(5-6-29-22(21)35)34-8-1-2-18(34)16-37-13-7-30-23(36)33-11-9-32(10-12-33)20-4-3-17(14-28)15-31-20/h3-6,15,18H,1-2,7-13,16H2,(H,29,35)(H,30,36)/t18-/m0/s1. The first kappa shape index (κ1) is 26.3. The smallest absolute Gasteiger partial charge is 0.377 e. The van der Waals surface area contributed by atoms with E-state index >= 15 is 0 Å². The minimum Gasteiger partial charge on any atom is -0.377 e. The van der Waals surface area contributed by atoms with Crippen molar-refractivity contribution < 1.29 is 22.7 Å². The number of nitrogens with one attached hydrogen (secondary N) is 2. The molecule has 10 nitrogen and oxygen atoms in total. The molecular formula is C24H28F3N7O3. The molecule has 198 valence electrons. The molecule has 0 saturated carbocycles. The van der Waals surface area contributed by atoms with Crippen molar-refractivity contribution in [3.63, 3.8) is 0 Å². The van der Waals surface area contributed by atoms with Crippen LogP contribution in [0.5, 0.6) is 0 Å². The molecule has 0 aliphatic carbocycles. The number of halogens is 3. The zero-order chi connectivity index (χ0) is 26.4. The molecule has 2 aromatic rings. The lowest BCUT2D eigenvalue weighted by molar-refractivity contribution is -0.138. The minimum absolute atomic E-state index is 0.133. The van der Waals surface area contributed by atoms with Crippen LogP contribution in [0.4, 0.5) is 29.5 Å². The summed E-state index contributed by atoms with van der Waals surface area (Å²) in [5, 5.41) is 11.7. The van der Waals surface area contributed by atoms with Crippen LogP contribution in [-0.2, 0) is 10.9 Å². The molecule has 2 fully saturated rings. The molecule has 0 bridgehead atoms. The van der Waals surface area contributed by atoms with Crippen LogP contribution < -0.4 is 20.7 Å². The highest BCUT2D eigenvalue weighted by molar-refractivity contribution is 5.74. The number of hydrogen-bond acceptors (Lipinski definition) is 7. The maximum atomic E-state index is 13.5. The number of urea groups is 1. The average Bonchev–Trinajstić information content (AvgIpc) is 3.36. The Labute approximate surface area is 211 Å². The largest absolute Gasteiger partial charge is 0.423 e. The molecule has 2 aliphatic heterocycles. The summed E-state index contributed by atoms with van der Waals surface area (Å²) in [5.41, 5.74) is -1.99. The molecule has 0 radical (unpaired) electrons. The second kappa shape index (κ2) is 11.5. The van der Waals surface area contributed by atoms with E-state index in [1.807, 2.05) is 11.0 Å². The Bertz CT molecular complexity index is 1170. The summed E-state index contributed by atoms with van der Waals surface area (Å²) in [6.07, 6.45) is -0.673. The first-order valence-electron chi connectivity index (χ1n) is 12.0. The van der Waals surface area contributed by atoms with Gasteiger partial charge in [-0.2, -0.15) is 18.4 Å². The fraction of sp³-hybridized carbons (Fsp3) is 0.500. The van der Waals surface area contributed by atoms with Crippen molar-refractivity contribution in [2.45, 2.75) is 25.1 Å². The van der Waals surface area contributed by atoms with Crippen LogP contribution in [0.2, 0.25) is 0 Å². The number of alkyl halides is 3. The maximum Gasteiger partial charge on any atom is 0.423 e. The Balaban J connectivity index is 1.20. The number of aromatic nitrogens is 2. The van der Waals surface area contributed by atoms with Gasteiger partial charge in [0, 0.05) is 51.7 Å². The first-order chi connectivity index (χ1) is 17.8. The molecule has 2 saturated heterocycles. The van der Waals surface area contributed by atoms with Gasteiger partial charge >= 0.3 is 12.2 Å². The predicted octanol–water partition coefficient (Wildman–Crippen LogP) is 2.18. The number of carbonyl (C=O) groups excluding carboxylic acids is 1. The molecule has 0 unspecified atom stereocenters. The summed E-state index contributed by atoms with van der Waals surface area (Å²) >= 11 is 0. The summed E-state index contributed by atoms with van der Waals surface area (Å²) in [4.78, 5) is 36.1. The molecule has 2 aliphatic rings.